The van der Waals surface area contributed by atoms with E-state index < -0.39 is 0 Å². The van der Waals surface area contributed by atoms with Gasteiger partial charge in [0.25, 0.3) is 5.91 Å². The molecule has 0 spiro atoms. The minimum Gasteiger partial charge on any atom is -0.506 e. The molecule has 2 N–H and O–H groups in total. The van der Waals surface area contributed by atoms with Gasteiger partial charge in [0, 0.05) is 20.7 Å². The van der Waals surface area contributed by atoms with Crippen LogP contribution >= 0.6 is 56.9 Å². The second-order valence-corrected chi connectivity index (χ2v) is 11.6. The van der Waals surface area contributed by atoms with Gasteiger partial charge < -0.3 is 5.11 Å². The van der Waals surface area contributed by atoms with Crippen LogP contribution in [0.25, 0.3) is 11.4 Å². The topological polar surface area (TPSA) is 92.4 Å². The zero-order chi connectivity index (χ0) is 24.1. The van der Waals surface area contributed by atoms with Crippen LogP contribution in [-0.2, 0) is 4.79 Å². The van der Waals surface area contributed by atoms with E-state index in [1.165, 1.54) is 42.8 Å². The van der Waals surface area contributed by atoms with Crippen LogP contribution in [0.5, 0.6) is 5.75 Å². The molecule has 1 aliphatic carbocycles. The highest BCUT2D eigenvalue weighted by Gasteiger charge is 2.24. The average molecular weight is 701 g/mol. The lowest BCUT2D eigenvalue weighted by atomic mass is 9.95. The third-order valence-corrected chi connectivity index (χ3v) is 8.09. The molecule has 0 unspecified atom stereocenters. The molecular weight excluding hydrogens is 676 g/mol. The predicted molar refractivity (Wildman–Crippen MR) is 152 cm³/mol. The molecule has 1 fully saturated rings. The Kier molecular flexibility index (Phi) is 8.86. The molecule has 4 rings (SSSR count). The zero-order valence-corrected chi connectivity index (χ0v) is 23.8. The number of phenols is 1. The van der Waals surface area contributed by atoms with E-state index in [9.17, 15) is 9.90 Å². The SMILES string of the molecule is Cc1ccc(-c2nnc(SCC(=O)N/N=C\c3cc(I)cc(I)c3O)n2C2CCCCC2)cc1. The number of nitrogens with zero attached hydrogens (tertiary/aromatic N) is 4. The van der Waals surface area contributed by atoms with E-state index in [0.29, 0.717) is 11.6 Å². The third-order valence-electron chi connectivity index (χ3n) is 5.70. The van der Waals surface area contributed by atoms with E-state index >= 15 is 0 Å². The molecule has 0 aliphatic heterocycles. The molecule has 1 amide bonds. The number of carbonyl (C=O) groups is 1. The first kappa shape index (κ1) is 25.4. The standard InChI is InChI=1S/C24H25I2N5O2S/c1-15-7-9-16(10-8-15)23-29-30-24(31(23)19-5-3-2-4-6-19)34-14-21(32)28-27-13-17-11-18(25)12-20(26)22(17)33/h7-13,19,33H,2-6,14H2,1H3,(H,28,32)/b27-13-. The predicted octanol–water partition coefficient (Wildman–Crippen LogP) is 5.92. The van der Waals surface area contributed by atoms with E-state index in [4.69, 9.17) is 0 Å². The van der Waals surface area contributed by atoms with E-state index in [-0.39, 0.29) is 17.4 Å². The largest absolute Gasteiger partial charge is 0.506 e. The number of hydrogen-bond donors (Lipinski definition) is 2. The van der Waals surface area contributed by atoms with Gasteiger partial charge in [-0.3, -0.25) is 9.36 Å². The molecular formula is C24H25I2N5O2S. The molecule has 34 heavy (non-hydrogen) atoms. The quantitative estimate of drug-likeness (QED) is 0.138. The summed E-state index contributed by atoms with van der Waals surface area (Å²) in [6.45, 7) is 2.07. The fraction of sp³-hybridized carbons (Fsp3) is 0.333. The number of rotatable bonds is 7. The number of benzene rings is 2. The Labute approximate surface area is 230 Å². The number of hydrogen-bond acceptors (Lipinski definition) is 6. The molecule has 0 atom stereocenters. The second kappa shape index (κ2) is 11.8. The van der Waals surface area contributed by atoms with Crippen molar-refractivity contribution in [2.45, 2.75) is 50.2 Å². The van der Waals surface area contributed by atoms with E-state index in [2.05, 4.69) is 102 Å². The maximum Gasteiger partial charge on any atom is 0.250 e. The molecule has 2 aromatic carbocycles. The molecule has 0 radical (unpaired) electrons. The summed E-state index contributed by atoms with van der Waals surface area (Å²) in [5.41, 5.74) is 5.35. The van der Waals surface area contributed by atoms with Crippen LogP contribution in [-0.4, -0.2) is 37.7 Å². The Bertz CT molecular complexity index is 1190. The van der Waals surface area contributed by atoms with Gasteiger partial charge in [0.05, 0.1) is 15.5 Å². The van der Waals surface area contributed by atoms with Crippen LogP contribution in [0.2, 0.25) is 0 Å². The number of halogens is 2. The molecule has 1 aromatic heterocycles. The van der Waals surface area contributed by atoms with Crippen molar-refractivity contribution < 1.29 is 9.90 Å². The highest BCUT2D eigenvalue weighted by molar-refractivity contribution is 14.1. The van der Waals surface area contributed by atoms with E-state index in [0.717, 1.165) is 36.5 Å². The summed E-state index contributed by atoms with van der Waals surface area (Å²) in [6.07, 6.45) is 7.30. The number of hydrazone groups is 1. The Balaban J connectivity index is 1.46. The van der Waals surface area contributed by atoms with Gasteiger partial charge in [0.1, 0.15) is 5.75 Å². The van der Waals surface area contributed by atoms with Gasteiger partial charge in [0.15, 0.2) is 11.0 Å². The van der Waals surface area contributed by atoms with Crippen LogP contribution in [0.15, 0.2) is 46.7 Å². The second-order valence-electron chi connectivity index (χ2n) is 8.24. The lowest BCUT2D eigenvalue weighted by Gasteiger charge is -2.25. The number of carbonyl (C=O) groups excluding carboxylic acids is 1. The van der Waals surface area contributed by atoms with E-state index in [1.807, 2.05) is 12.1 Å². The van der Waals surface area contributed by atoms with Crippen molar-refractivity contribution in [3.63, 3.8) is 0 Å². The maximum absolute atomic E-state index is 12.5. The van der Waals surface area contributed by atoms with Crippen LogP contribution in [0, 0.1) is 14.1 Å². The highest BCUT2D eigenvalue weighted by atomic mass is 127. The number of phenolic OH excluding ortho intramolecular Hbond substituents is 1. The Morgan fingerprint density at radius 3 is 2.68 bits per heavy atom. The fourth-order valence-electron chi connectivity index (χ4n) is 3.96. The molecule has 1 saturated carbocycles. The summed E-state index contributed by atoms with van der Waals surface area (Å²) >= 11 is 5.62. The number of aromatic hydroxyl groups is 1. The Morgan fingerprint density at radius 1 is 1.21 bits per heavy atom. The maximum atomic E-state index is 12.5. The first-order valence-electron chi connectivity index (χ1n) is 11.1. The zero-order valence-electron chi connectivity index (χ0n) is 18.7. The van der Waals surface area contributed by atoms with Crippen LogP contribution in [0.1, 0.15) is 49.3 Å². The van der Waals surface area contributed by atoms with Gasteiger partial charge in [-0.15, -0.1) is 10.2 Å². The van der Waals surface area contributed by atoms with Gasteiger partial charge in [-0.1, -0.05) is 60.9 Å². The number of aromatic nitrogens is 3. The van der Waals surface area contributed by atoms with Crippen molar-refractivity contribution >= 4 is 69.1 Å². The smallest absolute Gasteiger partial charge is 0.250 e. The summed E-state index contributed by atoms with van der Waals surface area (Å²) < 4.78 is 3.94. The highest BCUT2D eigenvalue weighted by Crippen LogP contribution is 2.35. The Hall–Kier alpha value is -1.67. The molecule has 3 aromatic rings. The first-order valence-corrected chi connectivity index (χ1v) is 14.2. The molecule has 1 heterocycles. The van der Waals surface area contributed by atoms with Gasteiger partial charge in [0.2, 0.25) is 0 Å². The lowest BCUT2D eigenvalue weighted by molar-refractivity contribution is -0.118. The molecule has 7 nitrogen and oxygen atoms in total. The molecule has 0 saturated heterocycles. The van der Waals surface area contributed by atoms with Crippen molar-refractivity contribution in [2.24, 2.45) is 5.10 Å². The van der Waals surface area contributed by atoms with Crippen molar-refractivity contribution in [3.05, 3.63) is 54.7 Å². The summed E-state index contributed by atoms with van der Waals surface area (Å²) in [7, 11) is 0. The van der Waals surface area contributed by atoms with Gasteiger partial charge >= 0.3 is 0 Å². The lowest BCUT2D eigenvalue weighted by Crippen LogP contribution is -2.20. The summed E-state index contributed by atoms with van der Waals surface area (Å²) in [4.78, 5) is 12.5. The van der Waals surface area contributed by atoms with Crippen molar-refractivity contribution in [2.75, 3.05) is 5.75 Å². The van der Waals surface area contributed by atoms with Crippen LogP contribution < -0.4 is 5.43 Å². The van der Waals surface area contributed by atoms with E-state index in [1.54, 1.807) is 0 Å². The van der Waals surface area contributed by atoms with Crippen molar-refractivity contribution in [3.8, 4) is 17.1 Å². The average Bonchev–Trinajstić information content (AvgIpc) is 3.25. The minimum atomic E-state index is -0.240. The van der Waals surface area contributed by atoms with Crippen molar-refractivity contribution in [1.82, 2.24) is 20.2 Å². The summed E-state index contributed by atoms with van der Waals surface area (Å²) in [5, 5.41) is 23.9. The molecule has 10 heteroatoms. The molecule has 1 aliphatic rings. The Morgan fingerprint density at radius 2 is 1.94 bits per heavy atom. The third kappa shape index (κ3) is 6.30. The monoisotopic (exact) mass is 701 g/mol. The fourth-order valence-corrected chi connectivity index (χ4v) is 6.65. The number of aryl methyl sites for hydroxylation is 1. The normalized spacial score (nSPS) is 14.6. The molecule has 178 valence electrons. The van der Waals surface area contributed by atoms with Crippen molar-refractivity contribution in [1.29, 1.82) is 0 Å². The molecule has 0 bridgehead atoms. The summed E-state index contributed by atoms with van der Waals surface area (Å²) in [5.74, 6) is 0.941. The van der Waals surface area contributed by atoms with Crippen LogP contribution in [0.3, 0.4) is 0 Å². The number of thioether (sulfide) groups is 1. The van der Waals surface area contributed by atoms with Crippen LogP contribution in [0.4, 0.5) is 0 Å². The van der Waals surface area contributed by atoms with Gasteiger partial charge in [-0.2, -0.15) is 5.10 Å². The minimum absolute atomic E-state index is 0.151. The van der Waals surface area contributed by atoms with Gasteiger partial charge in [-0.25, -0.2) is 5.43 Å². The van der Waals surface area contributed by atoms with Gasteiger partial charge in [-0.05, 0) is 77.1 Å². The number of amides is 1. The first-order chi connectivity index (χ1) is 16.4. The summed E-state index contributed by atoms with van der Waals surface area (Å²) in [6, 6.07) is 12.3. The number of nitrogens with one attached hydrogen (secondary N) is 1.